The lowest BCUT2D eigenvalue weighted by atomic mass is 10.2. The molecule has 0 atom stereocenters. The zero-order valence-electron chi connectivity index (χ0n) is 19.6. The molecule has 0 saturated heterocycles. The van der Waals surface area contributed by atoms with Crippen LogP contribution >= 0.6 is 47.4 Å². The van der Waals surface area contributed by atoms with Crippen LogP contribution in [-0.2, 0) is 13.2 Å². The number of nitrogens with zero attached hydrogens (tertiary/aromatic N) is 4. The van der Waals surface area contributed by atoms with E-state index in [-0.39, 0.29) is 12.4 Å². The molecule has 4 rings (SSSR count). The summed E-state index contributed by atoms with van der Waals surface area (Å²) >= 11 is 14.1. The van der Waals surface area contributed by atoms with Gasteiger partial charge in [0.1, 0.15) is 6.61 Å². The molecular formula is C25H26Cl3N5O2S. The Kier molecular flexibility index (Phi) is 11.2. The second-order valence-electron chi connectivity index (χ2n) is 7.61. The van der Waals surface area contributed by atoms with Crippen LogP contribution in [0.1, 0.15) is 17.5 Å². The van der Waals surface area contributed by atoms with Crippen molar-refractivity contribution in [3.63, 3.8) is 0 Å². The molecule has 0 aliphatic heterocycles. The molecule has 11 heteroatoms. The highest BCUT2D eigenvalue weighted by atomic mass is 35.5. The van der Waals surface area contributed by atoms with Crippen molar-refractivity contribution in [1.82, 2.24) is 25.5 Å². The number of ether oxygens (including phenoxy) is 2. The average Bonchev–Trinajstić information content (AvgIpc) is 3.35. The second kappa shape index (κ2) is 14.3. The minimum absolute atomic E-state index is 0. The van der Waals surface area contributed by atoms with Crippen LogP contribution in [-0.4, -0.2) is 39.6 Å². The fourth-order valence-corrected chi connectivity index (χ4v) is 4.59. The number of para-hydroxylation sites is 1. The monoisotopic (exact) mass is 565 g/mol. The van der Waals surface area contributed by atoms with Crippen molar-refractivity contribution in [1.29, 1.82) is 0 Å². The molecule has 36 heavy (non-hydrogen) atoms. The van der Waals surface area contributed by atoms with Gasteiger partial charge in [-0.2, -0.15) is 4.68 Å². The summed E-state index contributed by atoms with van der Waals surface area (Å²) in [7, 11) is 1.61. The van der Waals surface area contributed by atoms with Gasteiger partial charge in [0.15, 0.2) is 11.5 Å². The van der Waals surface area contributed by atoms with Gasteiger partial charge in [0.05, 0.1) is 17.8 Å². The van der Waals surface area contributed by atoms with E-state index in [0.29, 0.717) is 34.7 Å². The number of tetrazole rings is 1. The normalized spacial score (nSPS) is 10.6. The van der Waals surface area contributed by atoms with Gasteiger partial charge in [0.2, 0.25) is 5.16 Å². The van der Waals surface area contributed by atoms with E-state index in [1.165, 1.54) is 0 Å². The quantitative estimate of drug-likeness (QED) is 0.160. The summed E-state index contributed by atoms with van der Waals surface area (Å²) in [5.74, 6) is 2.02. The van der Waals surface area contributed by atoms with Crippen molar-refractivity contribution >= 4 is 47.4 Å². The van der Waals surface area contributed by atoms with E-state index in [0.717, 1.165) is 40.7 Å². The lowest BCUT2D eigenvalue weighted by molar-refractivity contribution is 0.284. The van der Waals surface area contributed by atoms with Crippen molar-refractivity contribution in [2.45, 2.75) is 24.7 Å². The molecule has 0 unspecified atom stereocenters. The fraction of sp³-hybridized carbons (Fsp3) is 0.240. The largest absolute Gasteiger partial charge is 0.493 e. The third kappa shape index (κ3) is 7.75. The molecule has 7 nitrogen and oxygen atoms in total. The number of methoxy groups -OCH3 is 1. The summed E-state index contributed by atoms with van der Waals surface area (Å²) in [6, 6.07) is 21.2. The van der Waals surface area contributed by atoms with Crippen molar-refractivity contribution in [3.05, 3.63) is 87.9 Å². The summed E-state index contributed by atoms with van der Waals surface area (Å²) < 4.78 is 13.2. The summed E-state index contributed by atoms with van der Waals surface area (Å²) in [5, 5.41) is 17.5. The molecule has 0 bridgehead atoms. The van der Waals surface area contributed by atoms with Gasteiger partial charge in [0.25, 0.3) is 0 Å². The molecular weight excluding hydrogens is 541 g/mol. The average molecular weight is 567 g/mol. The van der Waals surface area contributed by atoms with Gasteiger partial charge >= 0.3 is 0 Å². The zero-order valence-corrected chi connectivity index (χ0v) is 22.7. The fourth-order valence-electron chi connectivity index (χ4n) is 3.35. The van der Waals surface area contributed by atoms with Gasteiger partial charge in [-0.3, -0.25) is 0 Å². The van der Waals surface area contributed by atoms with Crippen molar-refractivity contribution in [2.24, 2.45) is 0 Å². The first-order valence-corrected chi connectivity index (χ1v) is 12.8. The minimum Gasteiger partial charge on any atom is -0.493 e. The van der Waals surface area contributed by atoms with Crippen LogP contribution < -0.4 is 14.8 Å². The molecule has 190 valence electrons. The number of halogens is 3. The van der Waals surface area contributed by atoms with Crippen LogP contribution in [0.4, 0.5) is 0 Å². The van der Waals surface area contributed by atoms with E-state index >= 15 is 0 Å². The SMILES string of the molecule is COc1cc(CNCCCSc2nnnn2-c2ccccc2)cc(Cl)c1OCc1ccc(Cl)cc1.Cl. The Balaban J connectivity index is 0.00000361. The summed E-state index contributed by atoms with van der Waals surface area (Å²) in [6.45, 7) is 1.88. The number of hydrogen-bond donors (Lipinski definition) is 1. The molecule has 1 N–H and O–H groups in total. The van der Waals surface area contributed by atoms with E-state index in [9.17, 15) is 0 Å². The van der Waals surface area contributed by atoms with Crippen LogP contribution in [0.3, 0.4) is 0 Å². The van der Waals surface area contributed by atoms with Crippen LogP contribution in [0.25, 0.3) is 5.69 Å². The second-order valence-corrected chi connectivity index (χ2v) is 9.52. The molecule has 1 aromatic heterocycles. The predicted octanol–water partition coefficient (Wildman–Crippen LogP) is 6.25. The molecule has 3 aromatic carbocycles. The Bertz CT molecular complexity index is 1230. The highest BCUT2D eigenvalue weighted by Gasteiger charge is 2.13. The first-order valence-electron chi connectivity index (χ1n) is 11.0. The maximum atomic E-state index is 6.51. The van der Waals surface area contributed by atoms with Crippen molar-refractivity contribution in [3.8, 4) is 17.2 Å². The van der Waals surface area contributed by atoms with Gasteiger partial charge in [-0.1, -0.05) is 65.3 Å². The minimum atomic E-state index is 0. The topological polar surface area (TPSA) is 74.1 Å². The number of hydrogen-bond acceptors (Lipinski definition) is 7. The maximum Gasteiger partial charge on any atom is 0.214 e. The van der Waals surface area contributed by atoms with E-state index in [4.69, 9.17) is 32.7 Å². The number of nitrogens with one attached hydrogen (secondary N) is 1. The predicted molar refractivity (Wildman–Crippen MR) is 147 cm³/mol. The van der Waals surface area contributed by atoms with Crippen LogP contribution in [0, 0.1) is 0 Å². The molecule has 4 aromatic rings. The first-order chi connectivity index (χ1) is 17.1. The zero-order chi connectivity index (χ0) is 24.5. The van der Waals surface area contributed by atoms with Gasteiger partial charge in [0, 0.05) is 17.3 Å². The molecule has 0 amide bonds. The summed E-state index contributed by atoms with van der Waals surface area (Å²) in [4.78, 5) is 0. The third-order valence-electron chi connectivity index (χ3n) is 5.09. The molecule has 0 radical (unpaired) electrons. The van der Waals surface area contributed by atoms with E-state index in [1.54, 1.807) is 23.6 Å². The molecule has 0 spiro atoms. The van der Waals surface area contributed by atoms with E-state index < -0.39 is 0 Å². The van der Waals surface area contributed by atoms with Crippen LogP contribution in [0.2, 0.25) is 10.0 Å². The molecule has 0 saturated carbocycles. The number of aromatic nitrogens is 4. The highest BCUT2D eigenvalue weighted by Crippen LogP contribution is 2.37. The number of thioether (sulfide) groups is 1. The molecule has 1 heterocycles. The van der Waals surface area contributed by atoms with Crippen molar-refractivity contribution < 1.29 is 9.47 Å². The van der Waals surface area contributed by atoms with Crippen LogP contribution in [0.15, 0.2) is 71.9 Å². The molecule has 0 aliphatic carbocycles. The lowest BCUT2D eigenvalue weighted by Crippen LogP contribution is -2.15. The Morgan fingerprint density at radius 2 is 1.78 bits per heavy atom. The van der Waals surface area contributed by atoms with Gasteiger partial charge in [-0.05, 0) is 70.9 Å². The highest BCUT2D eigenvalue weighted by molar-refractivity contribution is 7.99. The lowest BCUT2D eigenvalue weighted by Gasteiger charge is -2.15. The van der Waals surface area contributed by atoms with Crippen LogP contribution in [0.5, 0.6) is 11.5 Å². The van der Waals surface area contributed by atoms with Gasteiger partial charge in [-0.15, -0.1) is 17.5 Å². The summed E-state index contributed by atoms with van der Waals surface area (Å²) in [6.07, 6.45) is 0.958. The third-order valence-corrected chi connectivity index (χ3v) is 6.62. The number of benzene rings is 3. The molecule has 0 fully saturated rings. The number of rotatable bonds is 12. The Labute approximate surface area is 230 Å². The molecule has 0 aliphatic rings. The standard InChI is InChI=1S/C25H25Cl2N5O2S.ClH/c1-33-23-15-19(14-22(27)24(23)34-17-18-8-10-20(26)11-9-18)16-28-12-5-13-35-25-29-30-31-32(25)21-6-3-2-4-7-21;/h2-4,6-11,14-15,28H,5,12-13,16-17H2,1H3;1H. The van der Waals surface area contributed by atoms with Crippen molar-refractivity contribution in [2.75, 3.05) is 19.4 Å². The summed E-state index contributed by atoms with van der Waals surface area (Å²) in [5.41, 5.74) is 2.96. The maximum absolute atomic E-state index is 6.51. The Morgan fingerprint density at radius 1 is 1.00 bits per heavy atom. The van der Waals surface area contributed by atoms with Gasteiger partial charge in [-0.25, -0.2) is 0 Å². The van der Waals surface area contributed by atoms with E-state index in [1.807, 2.05) is 66.7 Å². The Morgan fingerprint density at radius 3 is 2.53 bits per heavy atom. The first kappa shape index (κ1) is 28.1. The smallest absolute Gasteiger partial charge is 0.214 e. The van der Waals surface area contributed by atoms with Gasteiger partial charge < -0.3 is 14.8 Å². The Hall–Kier alpha value is -2.49. The van der Waals surface area contributed by atoms with E-state index in [2.05, 4.69) is 20.8 Å².